The van der Waals surface area contributed by atoms with E-state index in [0.29, 0.717) is 22.3 Å². The highest BCUT2D eigenvalue weighted by Crippen LogP contribution is 2.31. The third-order valence-electron chi connectivity index (χ3n) is 5.66. The Labute approximate surface area is 202 Å². The van der Waals surface area contributed by atoms with E-state index < -0.39 is 0 Å². The van der Waals surface area contributed by atoms with Crippen molar-refractivity contribution in [3.8, 4) is 0 Å². The first-order valence-corrected chi connectivity index (χ1v) is 11.3. The quantitative estimate of drug-likeness (QED) is 0.262. The minimum absolute atomic E-state index is 0.253. The number of carbonyl (C=O) groups excluding carboxylic acids is 1. The number of halogens is 2. The van der Waals surface area contributed by atoms with E-state index in [4.69, 9.17) is 23.2 Å². The second-order valence-electron chi connectivity index (χ2n) is 7.80. The van der Waals surface area contributed by atoms with Crippen LogP contribution in [0, 0.1) is 0 Å². The molecule has 0 aliphatic heterocycles. The van der Waals surface area contributed by atoms with E-state index in [2.05, 4.69) is 35.6 Å². The van der Waals surface area contributed by atoms with E-state index in [-0.39, 0.29) is 6.03 Å². The lowest BCUT2D eigenvalue weighted by Crippen LogP contribution is -2.34. The van der Waals surface area contributed by atoms with Crippen molar-refractivity contribution < 1.29 is 4.79 Å². The third kappa shape index (κ3) is 4.51. The molecular formula is C28H20Cl2N2O. The van der Waals surface area contributed by atoms with E-state index in [1.807, 2.05) is 48.5 Å². The minimum Gasteiger partial charge on any atom is -0.307 e. The highest BCUT2D eigenvalue weighted by Gasteiger charge is 2.19. The first-order valence-electron chi connectivity index (χ1n) is 10.6. The van der Waals surface area contributed by atoms with Crippen LogP contribution >= 0.6 is 23.2 Å². The maximum Gasteiger partial charge on any atom is 0.326 e. The molecule has 0 saturated heterocycles. The summed E-state index contributed by atoms with van der Waals surface area (Å²) < 4.78 is 0. The summed E-state index contributed by atoms with van der Waals surface area (Å²) in [5.41, 5.74) is 2.46. The summed E-state index contributed by atoms with van der Waals surface area (Å²) in [7, 11) is 0. The Bertz CT molecular complexity index is 1410. The summed E-state index contributed by atoms with van der Waals surface area (Å²) in [5, 5.41) is 8.66. The van der Waals surface area contributed by atoms with Crippen molar-refractivity contribution in [1.29, 1.82) is 0 Å². The fourth-order valence-electron chi connectivity index (χ4n) is 4.10. The predicted molar refractivity (Wildman–Crippen MR) is 140 cm³/mol. The van der Waals surface area contributed by atoms with Gasteiger partial charge in [-0.15, -0.1) is 0 Å². The van der Waals surface area contributed by atoms with Crippen LogP contribution < -0.4 is 10.2 Å². The zero-order valence-corrected chi connectivity index (χ0v) is 19.1. The van der Waals surface area contributed by atoms with Gasteiger partial charge in [0.25, 0.3) is 0 Å². The van der Waals surface area contributed by atoms with Gasteiger partial charge in [-0.1, -0.05) is 77.8 Å². The van der Waals surface area contributed by atoms with Crippen molar-refractivity contribution in [2.45, 2.75) is 6.54 Å². The first-order chi connectivity index (χ1) is 16.1. The molecule has 0 unspecified atom stereocenters. The molecule has 0 spiro atoms. The molecule has 5 heteroatoms. The molecule has 3 nitrogen and oxygen atoms in total. The number of anilines is 2. The second kappa shape index (κ2) is 9.14. The van der Waals surface area contributed by atoms with E-state index in [0.717, 1.165) is 32.8 Å². The normalized spacial score (nSPS) is 11.0. The van der Waals surface area contributed by atoms with Gasteiger partial charge in [-0.25, -0.2) is 4.79 Å². The van der Waals surface area contributed by atoms with Crippen LogP contribution in [-0.2, 0) is 6.54 Å². The zero-order valence-electron chi connectivity index (χ0n) is 17.6. The number of fused-ring (bicyclic) bond motifs is 2. The highest BCUT2D eigenvalue weighted by molar-refractivity contribution is 6.31. The number of urea groups is 1. The minimum atomic E-state index is -0.253. The molecule has 0 bridgehead atoms. The molecule has 5 rings (SSSR count). The Morgan fingerprint density at radius 1 is 0.697 bits per heavy atom. The molecule has 0 atom stereocenters. The number of amides is 2. The highest BCUT2D eigenvalue weighted by atomic mass is 35.5. The van der Waals surface area contributed by atoms with Gasteiger partial charge in [-0.05, 0) is 75.6 Å². The van der Waals surface area contributed by atoms with Crippen molar-refractivity contribution in [3.63, 3.8) is 0 Å². The predicted octanol–water partition coefficient (Wildman–Crippen LogP) is 8.54. The number of nitrogens with zero attached hydrogens (tertiary/aromatic N) is 1. The van der Waals surface area contributed by atoms with Crippen LogP contribution in [-0.4, -0.2) is 6.03 Å². The molecule has 0 radical (unpaired) electrons. The van der Waals surface area contributed by atoms with Crippen LogP contribution in [0.25, 0.3) is 21.5 Å². The Hall–Kier alpha value is -3.53. The Morgan fingerprint density at radius 2 is 1.33 bits per heavy atom. The van der Waals surface area contributed by atoms with Gasteiger partial charge in [0.05, 0.1) is 6.54 Å². The van der Waals surface area contributed by atoms with E-state index in [9.17, 15) is 4.79 Å². The Balaban J connectivity index is 1.62. The standard InChI is InChI=1S/C28H20Cl2N2O/c29-21-12-14-24(15-13-21)32(28(33)31-23-9-5-8-22(30)17-23)18-27-25-10-3-1-6-19(25)16-20-7-2-4-11-26(20)27/h1-17H,18H2,(H,31,33). The van der Waals surface area contributed by atoms with Crippen molar-refractivity contribution in [1.82, 2.24) is 0 Å². The van der Waals surface area contributed by atoms with Crippen molar-refractivity contribution in [3.05, 3.63) is 119 Å². The molecule has 0 aliphatic carbocycles. The molecule has 1 N–H and O–H groups in total. The number of nitrogens with one attached hydrogen (secondary N) is 1. The lowest BCUT2D eigenvalue weighted by molar-refractivity contribution is 0.256. The average molecular weight is 471 g/mol. The van der Waals surface area contributed by atoms with Gasteiger partial charge in [-0.3, -0.25) is 4.90 Å². The maximum absolute atomic E-state index is 13.5. The molecule has 33 heavy (non-hydrogen) atoms. The molecule has 5 aromatic carbocycles. The molecule has 0 fully saturated rings. The topological polar surface area (TPSA) is 32.3 Å². The SMILES string of the molecule is O=C(Nc1cccc(Cl)c1)N(Cc1c2ccccc2cc2ccccc12)c1ccc(Cl)cc1. The summed E-state index contributed by atoms with van der Waals surface area (Å²) in [6.45, 7) is 0.385. The van der Waals surface area contributed by atoms with Crippen molar-refractivity contribution in [2.24, 2.45) is 0 Å². The summed E-state index contributed by atoms with van der Waals surface area (Å²) in [6.07, 6.45) is 0. The largest absolute Gasteiger partial charge is 0.326 e. The van der Waals surface area contributed by atoms with Crippen LogP contribution in [0.15, 0.2) is 103 Å². The smallest absolute Gasteiger partial charge is 0.307 e. The molecule has 0 saturated carbocycles. The summed E-state index contributed by atoms with van der Waals surface area (Å²) in [5.74, 6) is 0. The molecule has 5 aromatic rings. The van der Waals surface area contributed by atoms with Crippen LogP contribution in [0.5, 0.6) is 0 Å². The van der Waals surface area contributed by atoms with Crippen molar-refractivity contribution in [2.75, 3.05) is 10.2 Å². The lowest BCUT2D eigenvalue weighted by atomic mass is 9.96. The number of benzene rings is 5. The Morgan fingerprint density at radius 3 is 1.97 bits per heavy atom. The molecule has 0 heterocycles. The third-order valence-corrected chi connectivity index (χ3v) is 6.15. The number of hydrogen-bond acceptors (Lipinski definition) is 1. The van der Waals surface area contributed by atoms with Gasteiger partial charge in [0.2, 0.25) is 0 Å². The molecular weight excluding hydrogens is 451 g/mol. The van der Waals surface area contributed by atoms with Gasteiger partial charge in [0, 0.05) is 21.4 Å². The Kier molecular flexibility index (Phi) is 5.91. The fourth-order valence-corrected chi connectivity index (χ4v) is 4.41. The maximum atomic E-state index is 13.5. The van der Waals surface area contributed by atoms with E-state index in [1.165, 1.54) is 0 Å². The van der Waals surface area contributed by atoms with Crippen LogP contribution in [0.2, 0.25) is 10.0 Å². The van der Waals surface area contributed by atoms with Crippen LogP contribution in [0.1, 0.15) is 5.56 Å². The molecule has 162 valence electrons. The van der Waals surface area contributed by atoms with E-state index in [1.54, 1.807) is 29.2 Å². The zero-order chi connectivity index (χ0) is 22.8. The van der Waals surface area contributed by atoms with Crippen molar-refractivity contribution >= 4 is 62.2 Å². The number of hydrogen-bond donors (Lipinski definition) is 1. The van der Waals surface area contributed by atoms with Crippen LogP contribution in [0.4, 0.5) is 16.2 Å². The summed E-state index contributed by atoms with van der Waals surface area (Å²) >= 11 is 12.2. The van der Waals surface area contributed by atoms with E-state index >= 15 is 0 Å². The van der Waals surface area contributed by atoms with Gasteiger partial charge in [-0.2, -0.15) is 0 Å². The second-order valence-corrected chi connectivity index (χ2v) is 8.67. The first kappa shape index (κ1) is 21.3. The summed E-state index contributed by atoms with van der Waals surface area (Å²) in [4.78, 5) is 15.3. The average Bonchev–Trinajstić information content (AvgIpc) is 2.82. The van der Waals surface area contributed by atoms with Gasteiger partial charge in [0.1, 0.15) is 0 Å². The lowest BCUT2D eigenvalue weighted by Gasteiger charge is -2.25. The number of rotatable bonds is 4. The summed E-state index contributed by atoms with van der Waals surface area (Å²) in [6, 6.07) is 32.9. The van der Waals surface area contributed by atoms with Gasteiger partial charge < -0.3 is 5.32 Å². The molecule has 2 amide bonds. The fraction of sp³-hybridized carbons (Fsp3) is 0.0357. The monoisotopic (exact) mass is 470 g/mol. The number of carbonyl (C=O) groups is 1. The van der Waals surface area contributed by atoms with Gasteiger partial charge >= 0.3 is 6.03 Å². The van der Waals surface area contributed by atoms with Gasteiger partial charge in [0.15, 0.2) is 0 Å². The van der Waals surface area contributed by atoms with Crippen LogP contribution in [0.3, 0.4) is 0 Å². The molecule has 0 aromatic heterocycles. The molecule has 0 aliphatic rings.